The Labute approximate surface area is 196 Å². The number of fused-ring (bicyclic) bond motifs is 1. The Kier molecular flexibility index (Phi) is 9.38. The number of thioether (sulfide) groups is 1. The van der Waals surface area contributed by atoms with Crippen molar-refractivity contribution < 1.29 is 18.2 Å². The molecule has 0 spiro atoms. The molecular formula is C24H35N3O3PS+. The van der Waals surface area contributed by atoms with Gasteiger partial charge in [-0.25, -0.2) is 4.57 Å². The van der Waals surface area contributed by atoms with Gasteiger partial charge in [-0.2, -0.15) is 0 Å². The van der Waals surface area contributed by atoms with Crippen LogP contribution in [-0.4, -0.2) is 51.5 Å². The molecule has 3 rings (SSSR count). The van der Waals surface area contributed by atoms with Crippen molar-refractivity contribution in [2.24, 2.45) is 0 Å². The van der Waals surface area contributed by atoms with Gasteiger partial charge in [0.1, 0.15) is 0 Å². The van der Waals surface area contributed by atoms with E-state index in [9.17, 15) is 4.57 Å². The molecule has 0 aliphatic carbocycles. The van der Waals surface area contributed by atoms with Crippen LogP contribution in [0.3, 0.4) is 0 Å². The molecule has 0 saturated heterocycles. The van der Waals surface area contributed by atoms with Gasteiger partial charge < -0.3 is 18.8 Å². The van der Waals surface area contributed by atoms with E-state index >= 15 is 0 Å². The second-order valence-corrected chi connectivity index (χ2v) is 11.1. The minimum atomic E-state index is -3.03. The second-order valence-electron chi connectivity index (χ2n) is 7.90. The van der Waals surface area contributed by atoms with Crippen molar-refractivity contribution in [3.63, 3.8) is 0 Å². The van der Waals surface area contributed by atoms with Crippen LogP contribution < -0.4 is 9.47 Å². The molecule has 32 heavy (non-hydrogen) atoms. The Morgan fingerprint density at radius 1 is 1.09 bits per heavy atom. The highest BCUT2D eigenvalue weighted by Crippen LogP contribution is 2.50. The number of likely N-dealkylation sites (N-methyl/N-ethyl adjacent to an activating group) is 1. The Morgan fingerprint density at radius 3 is 2.44 bits per heavy atom. The van der Waals surface area contributed by atoms with E-state index in [1.54, 1.807) is 11.8 Å². The van der Waals surface area contributed by atoms with Gasteiger partial charge in [-0.1, -0.05) is 23.9 Å². The summed E-state index contributed by atoms with van der Waals surface area (Å²) in [5, 5.41) is 1.18. The molecule has 0 fully saturated rings. The summed E-state index contributed by atoms with van der Waals surface area (Å²) in [7, 11) is 1.15. The van der Waals surface area contributed by atoms with E-state index in [-0.39, 0.29) is 0 Å². The third kappa shape index (κ3) is 6.93. The number of pyridine rings is 1. The van der Waals surface area contributed by atoms with Crippen molar-refractivity contribution in [1.82, 2.24) is 4.90 Å². The number of rotatable bonds is 12. The van der Waals surface area contributed by atoms with Crippen LogP contribution in [0.1, 0.15) is 25.8 Å². The number of aromatic nitrogens is 1. The van der Waals surface area contributed by atoms with E-state index in [2.05, 4.69) is 83.3 Å². The van der Waals surface area contributed by atoms with Crippen molar-refractivity contribution in [3.05, 3.63) is 59.4 Å². The summed E-state index contributed by atoms with van der Waals surface area (Å²) in [6, 6.07) is 12.7. The lowest BCUT2D eigenvalue weighted by Crippen LogP contribution is -2.37. The average molecular weight is 477 g/mol. The van der Waals surface area contributed by atoms with Crippen LogP contribution in [-0.2, 0) is 20.2 Å². The zero-order chi connectivity index (χ0) is 23.0. The zero-order valence-electron chi connectivity index (χ0n) is 19.6. The van der Waals surface area contributed by atoms with Crippen LogP contribution >= 0.6 is 19.4 Å². The second kappa shape index (κ2) is 12.0. The summed E-state index contributed by atoms with van der Waals surface area (Å²) in [6.07, 6.45) is 7.64. The Morgan fingerprint density at radius 2 is 1.78 bits per heavy atom. The summed E-state index contributed by atoms with van der Waals surface area (Å²) in [5.74, 6) is 0. The van der Waals surface area contributed by atoms with Crippen LogP contribution in [0.15, 0.2) is 58.7 Å². The molecule has 1 aromatic carbocycles. The fraction of sp³-hybridized carbons (Fsp3) is 0.458. The molecule has 0 unspecified atom stereocenters. The first-order valence-electron chi connectivity index (χ1n) is 11.2. The lowest BCUT2D eigenvalue weighted by atomic mass is 10.2. The van der Waals surface area contributed by atoms with Crippen LogP contribution in [0.25, 0.3) is 6.08 Å². The molecule has 0 N–H and O–H groups in total. The molecule has 0 saturated carbocycles. The molecule has 0 radical (unpaired) electrons. The van der Waals surface area contributed by atoms with Crippen molar-refractivity contribution in [2.75, 3.05) is 51.5 Å². The van der Waals surface area contributed by atoms with Gasteiger partial charge in [0.05, 0.1) is 36.6 Å². The van der Waals surface area contributed by atoms with Gasteiger partial charge >= 0.3 is 7.60 Å². The molecule has 1 aliphatic heterocycles. The van der Waals surface area contributed by atoms with Gasteiger partial charge in [0.2, 0.25) is 0 Å². The minimum Gasteiger partial charge on any atom is -0.335 e. The van der Waals surface area contributed by atoms with E-state index in [0.29, 0.717) is 19.4 Å². The lowest BCUT2D eigenvalue weighted by molar-refractivity contribution is -0.696. The maximum atomic E-state index is 12.8. The zero-order valence-corrected chi connectivity index (χ0v) is 21.3. The van der Waals surface area contributed by atoms with E-state index in [1.807, 2.05) is 13.8 Å². The third-order valence-electron chi connectivity index (χ3n) is 5.11. The maximum absolute atomic E-state index is 12.8. The van der Waals surface area contributed by atoms with Crippen molar-refractivity contribution in [3.8, 4) is 0 Å². The van der Waals surface area contributed by atoms with Gasteiger partial charge in [0.25, 0.3) is 0 Å². The first kappa shape index (κ1) is 25.0. The molecule has 0 bridgehead atoms. The topological polar surface area (TPSA) is 45.9 Å². The van der Waals surface area contributed by atoms with Crippen LogP contribution in [0.2, 0.25) is 0 Å². The van der Waals surface area contributed by atoms with Crippen molar-refractivity contribution in [1.29, 1.82) is 0 Å². The summed E-state index contributed by atoms with van der Waals surface area (Å²) >= 11 is 1.78. The van der Waals surface area contributed by atoms with Gasteiger partial charge in [0, 0.05) is 23.6 Å². The van der Waals surface area contributed by atoms with E-state index in [1.165, 1.54) is 21.2 Å². The molecule has 8 heteroatoms. The monoisotopic (exact) mass is 476 g/mol. The lowest BCUT2D eigenvalue weighted by Gasteiger charge is -2.22. The average Bonchev–Trinajstić information content (AvgIpc) is 3.10. The predicted octanol–water partition coefficient (Wildman–Crippen LogP) is 5.10. The molecule has 1 aliphatic rings. The Hall–Kier alpha value is -1.63. The van der Waals surface area contributed by atoms with Gasteiger partial charge in [0.15, 0.2) is 18.9 Å². The quantitative estimate of drug-likeness (QED) is 0.314. The number of nitrogens with zero attached hydrogens (tertiary/aromatic N) is 3. The largest absolute Gasteiger partial charge is 0.335 e. The Balaban J connectivity index is 1.73. The van der Waals surface area contributed by atoms with Gasteiger partial charge in [-0.3, -0.25) is 4.57 Å². The molecule has 1 aromatic heterocycles. The predicted molar refractivity (Wildman–Crippen MR) is 133 cm³/mol. The molecule has 0 amide bonds. The van der Waals surface area contributed by atoms with Gasteiger partial charge in [-0.05, 0) is 58.1 Å². The Bertz CT molecular complexity index is 940. The molecular weight excluding hydrogens is 441 g/mol. The number of para-hydroxylation sites is 1. The highest BCUT2D eigenvalue weighted by molar-refractivity contribution is 8.03. The highest BCUT2D eigenvalue weighted by Gasteiger charge is 2.27. The number of hydrogen-bond acceptors (Lipinski definition) is 6. The van der Waals surface area contributed by atoms with Crippen LogP contribution in [0.5, 0.6) is 0 Å². The summed E-state index contributed by atoms with van der Waals surface area (Å²) in [5.41, 5.74) is 2.36. The number of anilines is 1. The number of benzene rings is 1. The molecule has 2 heterocycles. The van der Waals surface area contributed by atoms with E-state index < -0.39 is 7.60 Å². The smallest absolute Gasteiger partial charge is 0.330 e. The maximum Gasteiger partial charge on any atom is 0.330 e. The minimum absolute atomic E-state index is 0.396. The SMILES string of the molecule is CCOP(=O)(CCCN1C(=Cc2cc[n+](CCN(C)C)cc2)Sc2ccccc21)OCC. The fourth-order valence-electron chi connectivity index (χ4n) is 3.55. The first-order valence-corrected chi connectivity index (χ1v) is 13.8. The molecule has 6 nitrogen and oxygen atoms in total. The summed E-state index contributed by atoms with van der Waals surface area (Å²) in [6.45, 7) is 7.23. The molecule has 0 atom stereocenters. The van der Waals surface area contributed by atoms with Gasteiger partial charge in [-0.15, -0.1) is 0 Å². The summed E-state index contributed by atoms with van der Waals surface area (Å²) in [4.78, 5) is 5.74. The summed E-state index contributed by atoms with van der Waals surface area (Å²) < 4.78 is 26.0. The van der Waals surface area contributed by atoms with Crippen molar-refractivity contribution in [2.45, 2.75) is 31.7 Å². The number of hydrogen-bond donors (Lipinski definition) is 0. The highest BCUT2D eigenvalue weighted by atomic mass is 32.2. The standard InChI is InChI=1S/C24H35N3O3PS/c1-5-29-31(28,30-6-2)19-9-14-27-22-10-7-8-11-23(22)32-24(27)20-21-12-15-26(16-13-21)18-17-25(3)4/h7-8,10-13,15-16,20H,5-6,9,14,17-19H2,1-4H3/q+1. The normalized spacial score (nSPS) is 15.0. The van der Waals surface area contributed by atoms with Crippen LogP contribution in [0.4, 0.5) is 5.69 Å². The van der Waals surface area contributed by atoms with Crippen LogP contribution in [0, 0.1) is 0 Å². The molecule has 2 aromatic rings. The first-order chi connectivity index (χ1) is 15.4. The van der Waals surface area contributed by atoms with Crippen molar-refractivity contribution >= 4 is 31.1 Å². The molecule has 174 valence electrons. The van der Waals surface area contributed by atoms with E-state index in [4.69, 9.17) is 9.05 Å². The van der Waals surface area contributed by atoms with E-state index in [0.717, 1.165) is 26.1 Å². The third-order valence-corrected chi connectivity index (χ3v) is 8.39. The fourth-order valence-corrected chi connectivity index (χ4v) is 6.34.